The van der Waals surface area contributed by atoms with Crippen LogP contribution in [-0.2, 0) is 16.6 Å². The molecule has 0 radical (unpaired) electrons. The van der Waals surface area contributed by atoms with Crippen molar-refractivity contribution in [2.45, 2.75) is 25.4 Å². The Morgan fingerprint density at radius 2 is 2.00 bits per heavy atom. The average Bonchev–Trinajstić information content (AvgIpc) is 2.46. The van der Waals surface area contributed by atoms with E-state index in [0.29, 0.717) is 12.2 Å². The normalized spacial score (nSPS) is 11.3. The number of hydrogen-bond acceptors (Lipinski definition) is 4. The predicted molar refractivity (Wildman–Crippen MR) is 83.6 cm³/mol. The Bertz CT molecular complexity index is 714. The van der Waals surface area contributed by atoms with Crippen molar-refractivity contribution in [3.05, 3.63) is 53.7 Å². The van der Waals surface area contributed by atoms with E-state index in [-0.39, 0.29) is 11.6 Å². The van der Waals surface area contributed by atoms with Gasteiger partial charge in [-0.3, -0.25) is 0 Å². The minimum absolute atomic E-state index is 0.0273. The molecule has 5 nitrogen and oxygen atoms in total. The molecule has 2 N–H and O–H groups in total. The van der Waals surface area contributed by atoms with Crippen LogP contribution in [0.5, 0.6) is 0 Å². The Kier molecular flexibility index (Phi) is 4.93. The Morgan fingerprint density at radius 1 is 1.19 bits per heavy atom. The van der Waals surface area contributed by atoms with E-state index in [1.54, 1.807) is 12.1 Å². The molecule has 0 fully saturated rings. The lowest BCUT2D eigenvalue weighted by molar-refractivity contribution is 0.578. The van der Waals surface area contributed by atoms with Crippen LogP contribution in [0.2, 0.25) is 0 Å². The van der Waals surface area contributed by atoms with Gasteiger partial charge in [0, 0.05) is 19.3 Å². The highest BCUT2D eigenvalue weighted by Crippen LogP contribution is 2.18. The fourth-order valence-corrected chi connectivity index (χ4v) is 3.12. The number of pyridine rings is 1. The lowest BCUT2D eigenvalue weighted by Crippen LogP contribution is -2.25. The number of nitrogens with one attached hydrogen (secondary N) is 2. The first-order chi connectivity index (χ1) is 10.0. The number of benzene rings is 1. The van der Waals surface area contributed by atoms with Gasteiger partial charge in [-0.1, -0.05) is 29.8 Å². The second kappa shape index (κ2) is 6.69. The largest absolute Gasteiger partial charge is 0.383 e. The molecule has 1 aromatic carbocycles. The van der Waals surface area contributed by atoms with Crippen molar-refractivity contribution in [1.82, 2.24) is 9.71 Å². The van der Waals surface area contributed by atoms with Crippen LogP contribution in [0.1, 0.15) is 18.1 Å². The van der Waals surface area contributed by atoms with Gasteiger partial charge in [-0.05, 0) is 31.5 Å². The minimum atomic E-state index is -3.65. The predicted octanol–water partition coefficient (Wildman–Crippen LogP) is 2.30. The lowest BCUT2D eigenvalue weighted by atomic mass is 10.1. The third kappa shape index (κ3) is 4.03. The molecule has 1 aromatic heterocycles. The van der Waals surface area contributed by atoms with Crippen molar-refractivity contribution in [3.63, 3.8) is 0 Å². The number of nitrogens with zero attached hydrogens (tertiary/aromatic N) is 1. The summed E-state index contributed by atoms with van der Waals surface area (Å²) < 4.78 is 27.3. The Balaban J connectivity index is 2.19. The summed E-state index contributed by atoms with van der Waals surface area (Å²) in [6.07, 6.45) is 1.47. The highest BCUT2D eigenvalue weighted by molar-refractivity contribution is 7.89. The quantitative estimate of drug-likeness (QED) is 0.859. The Hall–Kier alpha value is -1.92. The third-order valence-electron chi connectivity index (χ3n) is 2.94. The molecule has 6 heteroatoms. The second-order valence-corrected chi connectivity index (χ2v) is 6.38. The van der Waals surface area contributed by atoms with E-state index >= 15 is 0 Å². The summed E-state index contributed by atoms with van der Waals surface area (Å²) in [7, 11) is -3.65. The molecule has 0 saturated carbocycles. The molecular formula is C15H19N3O2S. The highest BCUT2D eigenvalue weighted by atomic mass is 32.2. The third-order valence-corrected chi connectivity index (χ3v) is 4.30. The maximum atomic E-state index is 12.4. The molecule has 0 aliphatic heterocycles. The van der Waals surface area contributed by atoms with E-state index in [1.807, 2.05) is 38.1 Å². The van der Waals surface area contributed by atoms with Crippen LogP contribution in [0, 0.1) is 6.92 Å². The number of rotatable bonds is 6. The SMILES string of the molecule is CCNc1cccnc1S(=O)(=O)NCc1cccc(C)c1. The van der Waals surface area contributed by atoms with Crippen molar-refractivity contribution in [2.75, 3.05) is 11.9 Å². The summed E-state index contributed by atoms with van der Waals surface area (Å²) in [6.45, 7) is 4.75. The standard InChI is InChI=1S/C15H19N3O2S/c1-3-16-14-8-5-9-17-15(14)21(19,20)18-11-13-7-4-6-12(2)10-13/h4-10,16,18H,3,11H2,1-2H3. The summed E-state index contributed by atoms with van der Waals surface area (Å²) in [5.74, 6) is 0. The summed E-state index contributed by atoms with van der Waals surface area (Å²) in [4.78, 5) is 3.99. The molecule has 2 rings (SSSR count). The minimum Gasteiger partial charge on any atom is -0.383 e. The van der Waals surface area contributed by atoms with Gasteiger partial charge in [0.1, 0.15) is 0 Å². The Morgan fingerprint density at radius 3 is 2.71 bits per heavy atom. The fraction of sp³-hybridized carbons (Fsp3) is 0.267. The van der Waals surface area contributed by atoms with Crippen LogP contribution >= 0.6 is 0 Å². The molecular weight excluding hydrogens is 286 g/mol. The lowest BCUT2D eigenvalue weighted by Gasteiger charge is -2.11. The van der Waals surface area contributed by atoms with Gasteiger partial charge in [-0.15, -0.1) is 0 Å². The maximum Gasteiger partial charge on any atom is 0.260 e. The zero-order valence-corrected chi connectivity index (χ0v) is 12.9. The van der Waals surface area contributed by atoms with E-state index in [2.05, 4.69) is 15.0 Å². The number of hydrogen-bond donors (Lipinski definition) is 2. The number of anilines is 1. The first-order valence-corrected chi connectivity index (χ1v) is 8.25. The number of aromatic nitrogens is 1. The van der Waals surface area contributed by atoms with Gasteiger partial charge < -0.3 is 5.32 Å². The van der Waals surface area contributed by atoms with Gasteiger partial charge in [0.15, 0.2) is 5.03 Å². The molecule has 0 aliphatic rings. The van der Waals surface area contributed by atoms with E-state index < -0.39 is 10.0 Å². The zero-order chi connectivity index (χ0) is 15.3. The molecule has 0 atom stereocenters. The second-order valence-electron chi connectivity index (χ2n) is 4.70. The van der Waals surface area contributed by atoms with Crippen LogP contribution < -0.4 is 10.0 Å². The van der Waals surface area contributed by atoms with Crippen LogP contribution in [0.3, 0.4) is 0 Å². The zero-order valence-electron chi connectivity index (χ0n) is 12.1. The van der Waals surface area contributed by atoms with E-state index in [1.165, 1.54) is 6.20 Å². The molecule has 112 valence electrons. The van der Waals surface area contributed by atoms with E-state index in [4.69, 9.17) is 0 Å². The van der Waals surface area contributed by atoms with Crippen LogP contribution in [0.25, 0.3) is 0 Å². The first-order valence-electron chi connectivity index (χ1n) is 6.77. The summed E-state index contributed by atoms with van der Waals surface area (Å²) in [5, 5.41) is 3.04. The molecule has 21 heavy (non-hydrogen) atoms. The maximum absolute atomic E-state index is 12.4. The van der Waals surface area contributed by atoms with Gasteiger partial charge in [0.2, 0.25) is 0 Å². The smallest absolute Gasteiger partial charge is 0.260 e. The molecule has 1 heterocycles. The molecule has 0 saturated heterocycles. The molecule has 0 spiro atoms. The van der Waals surface area contributed by atoms with Gasteiger partial charge in [0.05, 0.1) is 5.69 Å². The number of aryl methyl sites for hydroxylation is 1. The van der Waals surface area contributed by atoms with Gasteiger partial charge in [-0.25, -0.2) is 18.1 Å². The Labute approximate surface area is 125 Å². The van der Waals surface area contributed by atoms with Crippen molar-refractivity contribution >= 4 is 15.7 Å². The molecule has 0 bridgehead atoms. The first kappa shape index (κ1) is 15.5. The van der Waals surface area contributed by atoms with Crippen molar-refractivity contribution in [2.24, 2.45) is 0 Å². The van der Waals surface area contributed by atoms with Crippen molar-refractivity contribution in [3.8, 4) is 0 Å². The molecule has 2 aromatic rings. The van der Waals surface area contributed by atoms with Crippen LogP contribution in [0.15, 0.2) is 47.6 Å². The summed E-state index contributed by atoms with van der Waals surface area (Å²) >= 11 is 0. The van der Waals surface area contributed by atoms with E-state index in [9.17, 15) is 8.42 Å². The molecule has 0 amide bonds. The summed E-state index contributed by atoms with van der Waals surface area (Å²) in [5.41, 5.74) is 2.52. The summed E-state index contributed by atoms with van der Waals surface area (Å²) in [6, 6.07) is 11.1. The number of sulfonamides is 1. The molecule has 0 unspecified atom stereocenters. The highest BCUT2D eigenvalue weighted by Gasteiger charge is 2.19. The fourth-order valence-electron chi connectivity index (χ4n) is 2.00. The molecule has 0 aliphatic carbocycles. The topological polar surface area (TPSA) is 71.1 Å². The van der Waals surface area contributed by atoms with Gasteiger partial charge in [0.25, 0.3) is 10.0 Å². The van der Waals surface area contributed by atoms with Crippen molar-refractivity contribution in [1.29, 1.82) is 0 Å². The van der Waals surface area contributed by atoms with Crippen LogP contribution in [0.4, 0.5) is 5.69 Å². The average molecular weight is 305 g/mol. The van der Waals surface area contributed by atoms with Gasteiger partial charge >= 0.3 is 0 Å². The van der Waals surface area contributed by atoms with Crippen molar-refractivity contribution < 1.29 is 8.42 Å². The van der Waals surface area contributed by atoms with Gasteiger partial charge in [-0.2, -0.15) is 0 Å². The van der Waals surface area contributed by atoms with E-state index in [0.717, 1.165) is 11.1 Å². The van der Waals surface area contributed by atoms with Crippen LogP contribution in [-0.4, -0.2) is 19.9 Å². The monoisotopic (exact) mass is 305 g/mol.